The Balaban J connectivity index is 0.00000169. The number of nitrogens with two attached hydrogens (primary N) is 1. The highest BCUT2D eigenvalue weighted by Crippen LogP contribution is 2.25. The minimum absolute atomic E-state index is 0. The summed E-state index contributed by atoms with van der Waals surface area (Å²) in [6, 6.07) is 5.21. The van der Waals surface area contributed by atoms with Crippen molar-refractivity contribution in [3.63, 3.8) is 0 Å². The first-order chi connectivity index (χ1) is 6.26. The van der Waals surface area contributed by atoms with E-state index in [1.54, 1.807) is 25.3 Å². The van der Waals surface area contributed by atoms with Gasteiger partial charge in [-0.05, 0) is 12.1 Å². The minimum Gasteiger partial charge on any atom is -0.497 e. The molecular weight excluding hydrogens is 225 g/mol. The maximum absolute atomic E-state index is 5.82. The zero-order valence-corrected chi connectivity index (χ0v) is 9.40. The fourth-order valence-electron chi connectivity index (χ4n) is 0.915. The molecule has 0 heterocycles. The lowest BCUT2D eigenvalue weighted by Gasteiger charge is -2.06. The lowest BCUT2D eigenvalue weighted by Crippen LogP contribution is -2.10. The number of benzene rings is 1. The summed E-state index contributed by atoms with van der Waals surface area (Å²) in [5.74, 6) is 1.36. The van der Waals surface area contributed by atoms with Gasteiger partial charge < -0.3 is 15.2 Å². The molecule has 0 aliphatic rings. The van der Waals surface area contributed by atoms with Gasteiger partial charge in [-0.2, -0.15) is 0 Å². The molecule has 3 nitrogen and oxygen atoms in total. The summed E-state index contributed by atoms with van der Waals surface area (Å²) in [5, 5.41) is 0.589. The number of hydrogen-bond acceptors (Lipinski definition) is 3. The summed E-state index contributed by atoms with van der Waals surface area (Å²) in [7, 11) is 1.58. The molecule has 0 aliphatic carbocycles. The standard InChI is InChI=1S/C9H12ClNO2.ClH/c1-12-8-4-7(10)5-9(6-8)13-3-2-11;/h4-6H,2-3,11H2,1H3;1H. The lowest BCUT2D eigenvalue weighted by atomic mass is 10.3. The van der Waals surface area contributed by atoms with Crippen LogP contribution in [-0.2, 0) is 0 Å². The van der Waals surface area contributed by atoms with E-state index in [0.29, 0.717) is 29.7 Å². The van der Waals surface area contributed by atoms with Crippen LogP contribution in [0.5, 0.6) is 11.5 Å². The molecule has 0 aromatic heterocycles. The van der Waals surface area contributed by atoms with E-state index in [2.05, 4.69) is 0 Å². The van der Waals surface area contributed by atoms with Crippen LogP contribution in [0, 0.1) is 0 Å². The number of rotatable bonds is 4. The number of ether oxygens (including phenoxy) is 2. The monoisotopic (exact) mass is 237 g/mol. The third kappa shape index (κ3) is 4.05. The van der Waals surface area contributed by atoms with Crippen molar-refractivity contribution in [2.45, 2.75) is 0 Å². The van der Waals surface area contributed by atoms with Gasteiger partial charge >= 0.3 is 0 Å². The topological polar surface area (TPSA) is 44.5 Å². The molecule has 0 atom stereocenters. The molecule has 0 saturated heterocycles. The first kappa shape index (κ1) is 13.4. The summed E-state index contributed by atoms with van der Waals surface area (Å²) in [4.78, 5) is 0. The van der Waals surface area contributed by atoms with E-state index in [9.17, 15) is 0 Å². The van der Waals surface area contributed by atoms with Gasteiger partial charge in [0.25, 0.3) is 0 Å². The maximum atomic E-state index is 5.82. The van der Waals surface area contributed by atoms with E-state index < -0.39 is 0 Å². The van der Waals surface area contributed by atoms with Gasteiger partial charge in [-0.3, -0.25) is 0 Å². The third-order valence-corrected chi connectivity index (χ3v) is 1.69. The molecule has 0 unspecified atom stereocenters. The van der Waals surface area contributed by atoms with Crippen molar-refractivity contribution in [2.24, 2.45) is 5.73 Å². The summed E-state index contributed by atoms with van der Waals surface area (Å²) >= 11 is 5.82. The smallest absolute Gasteiger partial charge is 0.124 e. The summed E-state index contributed by atoms with van der Waals surface area (Å²) < 4.78 is 10.3. The Kier molecular flexibility index (Phi) is 6.45. The van der Waals surface area contributed by atoms with Crippen LogP contribution >= 0.6 is 24.0 Å². The van der Waals surface area contributed by atoms with Gasteiger partial charge in [0.15, 0.2) is 0 Å². The third-order valence-electron chi connectivity index (χ3n) is 1.47. The second kappa shape index (κ2) is 6.76. The Morgan fingerprint density at radius 1 is 1.29 bits per heavy atom. The SMILES string of the molecule is COc1cc(Cl)cc(OCCN)c1.Cl. The molecule has 1 aromatic rings. The van der Waals surface area contributed by atoms with Crippen LogP contribution in [0.4, 0.5) is 0 Å². The van der Waals surface area contributed by atoms with Crippen LogP contribution in [0.1, 0.15) is 0 Å². The Hall–Kier alpha value is -0.640. The average Bonchev–Trinajstić information content (AvgIpc) is 2.14. The number of hydrogen-bond donors (Lipinski definition) is 1. The van der Waals surface area contributed by atoms with E-state index in [1.807, 2.05) is 0 Å². The molecule has 1 aromatic carbocycles. The first-order valence-electron chi connectivity index (χ1n) is 3.93. The van der Waals surface area contributed by atoms with Gasteiger partial charge in [-0.15, -0.1) is 12.4 Å². The van der Waals surface area contributed by atoms with Crippen molar-refractivity contribution in [2.75, 3.05) is 20.3 Å². The van der Waals surface area contributed by atoms with Crippen LogP contribution in [0.2, 0.25) is 5.02 Å². The predicted molar refractivity (Wildman–Crippen MR) is 59.8 cm³/mol. The predicted octanol–water partition coefficient (Wildman–Crippen LogP) is 2.11. The van der Waals surface area contributed by atoms with E-state index >= 15 is 0 Å². The summed E-state index contributed by atoms with van der Waals surface area (Å²) in [6.45, 7) is 0.957. The van der Waals surface area contributed by atoms with Crippen molar-refractivity contribution in [1.29, 1.82) is 0 Å². The van der Waals surface area contributed by atoms with Crippen molar-refractivity contribution < 1.29 is 9.47 Å². The van der Waals surface area contributed by atoms with Crippen LogP contribution in [-0.4, -0.2) is 20.3 Å². The molecule has 0 saturated carbocycles. The molecule has 0 amide bonds. The first-order valence-corrected chi connectivity index (χ1v) is 4.31. The highest BCUT2D eigenvalue weighted by Gasteiger charge is 1.99. The van der Waals surface area contributed by atoms with E-state index in [-0.39, 0.29) is 12.4 Å². The fourth-order valence-corrected chi connectivity index (χ4v) is 1.13. The number of halogens is 2. The molecule has 14 heavy (non-hydrogen) atoms. The fraction of sp³-hybridized carbons (Fsp3) is 0.333. The average molecular weight is 238 g/mol. The van der Waals surface area contributed by atoms with Gasteiger partial charge in [0, 0.05) is 17.6 Å². The molecule has 5 heteroatoms. The van der Waals surface area contributed by atoms with Gasteiger partial charge in [-0.1, -0.05) is 11.6 Å². The van der Waals surface area contributed by atoms with Crippen molar-refractivity contribution in [1.82, 2.24) is 0 Å². The molecule has 0 fully saturated rings. The normalized spacial score (nSPS) is 9.07. The van der Waals surface area contributed by atoms with Crippen molar-refractivity contribution >= 4 is 24.0 Å². The summed E-state index contributed by atoms with van der Waals surface area (Å²) in [6.07, 6.45) is 0. The highest BCUT2D eigenvalue weighted by molar-refractivity contribution is 6.30. The van der Waals surface area contributed by atoms with Crippen LogP contribution in [0.25, 0.3) is 0 Å². The van der Waals surface area contributed by atoms with Gasteiger partial charge in [0.05, 0.1) is 7.11 Å². The van der Waals surface area contributed by atoms with Crippen LogP contribution in [0.15, 0.2) is 18.2 Å². The molecule has 2 N–H and O–H groups in total. The van der Waals surface area contributed by atoms with E-state index in [1.165, 1.54) is 0 Å². The molecule has 0 spiro atoms. The Labute approximate surface area is 94.5 Å². The second-order valence-corrected chi connectivity index (χ2v) is 2.90. The largest absolute Gasteiger partial charge is 0.497 e. The van der Waals surface area contributed by atoms with Gasteiger partial charge in [0.2, 0.25) is 0 Å². The molecule has 1 rings (SSSR count). The summed E-state index contributed by atoms with van der Waals surface area (Å²) in [5.41, 5.74) is 5.30. The van der Waals surface area contributed by atoms with Gasteiger partial charge in [-0.25, -0.2) is 0 Å². The van der Waals surface area contributed by atoms with E-state index in [4.69, 9.17) is 26.8 Å². The Bertz CT molecular complexity index is 282. The highest BCUT2D eigenvalue weighted by atomic mass is 35.5. The quantitative estimate of drug-likeness (QED) is 0.873. The number of methoxy groups -OCH3 is 1. The van der Waals surface area contributed by atoms with Crippen LogP contribution < -0.4 is 15.2 Å². The Morgan fingerprint density at radius 2 is 1.93 bits per heavy atom. The van der Waals surface area contributed by atoms with Crippen LogP contribution in [0.3, 0.4) is 0 Å². The lowest BCUT2D eigenvalue weighted by molar-refractivity contribution is 0.325. The van der Waals surface area contributed by atoms with Crippen molar-refractivity contribution in [3.05, 3.63) is 23.2 Å². The molecule has 80 valence electrons. The molecule has 0 radical (unpaired) electrons. The Morgan fingerprint density at radius 3 is 2.50 bits per heavy atom. The van der Waals surface area contributed by atoms with Gasteiger partial charge in [0.1, 0.15) is 18.1 Å². The maximum Gasteiger partial charge on any atom is 0.124 e. The molecular formula is C9H13Cl2NO2. The zero-order valence-electron chi connectivity index (χ0n) is 7.83. The zero-order chi connectivity index (χ0) is 9.68. The molecule has 0 aliphatic heterocycles. The van der Waals surface area contributed by atoms with E-state index in [0.717, 1.165) is 0 Å². The van der Waals surface area contributed by atoms with Crippen molar-refractivity contribution in [3.8, 4) is 11.5 Å². The second-order valence-electron chi connectivity index (χ2n) is 2.46. The molecule has 0 bridgehead atoms. The minimum atomic E-state index is 0.